The number of rotatable bonds is 4. The van der Waals surface area contributed by atoms with Crippen LogP contribution in [0.25, 0.3) is 0 Å². The van der Waals surface area contributed by atoms with Crippen molar-refractivity contribution in [1.82, 2.24) is 5.32 Å². The molecule has 0 saturated heterocycles. The second-order valence-electron chi connectivity index (χ2n) is 6.88. The summed E-state index contributed by atoms with van der Waals surface area (Å²) in [7, 11) is 0. The Morgan fingerprint density at radius 2 is 1.84 bits per heavy atom. The highest BCUT2D eigenvalue weighted by Gasteiger charge is 2.37. The first kappa shape index (κ1) is 14.4. The van der Waals surface area contributed by atoms with Crippen molar-refractivity contribution in [2.45, 2.75) is 52.0 Å². The van der Waals surface area contributed by atoms with Crippen LogP contribution in [0.5, 0.6) is 0 Å². The van der Waals surface area contributed by atoms with E-state index < -0.39 is 11.6 Å². The standard InChI is InChI=1S/C16H23F2N/c1-15(2,3)19-11-16(7-4-8-16)10-12-5-6-13(17)14(18)9-12/h5-6,9,19H,4,7-8,10-11H2,1-3H3. The molecule has 19 heavy (non-hydrogen) atoms. The normalized spacial score (nSPS) is 18.2. The topological polar surface area (TPSA) is 12.0 Å². The third kappa shape index (κ3) is 3.75. The third-order valence-corrected chi connectivity index (χ3v) is 3.97. The largest absolute Gasteiger partial charge is 0.312 e. The molecular weight excluding hydrogens is 244 g/mol. The Morgan fingerprint density at radius 1 is 1.16 bits per heavy atom. The van der Waals surface area contributed by atoms with Crippen molar-refractivity contribution in [3.05, 3.63) is 35.4 Å². The van der Waals surface area contributed by atoms with Crippen LogP contribution in [0.2, 0.25) is 0 Å². The third-order valence-electron chi connectivity index (χ3n) is 3.97. The van der Waals surface area contributed by atoms with Gasteiger partial charge < -0.3 is 5.32 Å². The van der Waals surface area contributed by atoms with E-state index in [-0.39, 0.29) is 11.0 Å². The Labute approximate surface area is 114 Å². The predicted molar refractivity (Wildman–Crippen MR) is 74.1 cm³/mol. The number of hydrogen-bond donors (Lipinski definition) is 1. The van der Waals surface area contributed by atoms with E-state index in [1.54, 1.807) is 6.07 Å². The SMILES string of the molecule is CC(C)(C)NCC1(Cc2ccc(F)c(F)c2)CCC1. The highest BCUT2D eigenvalue weighted by molar-refractivity contribution is 5.20. The summed E-state index contributed by atoms with van der Waals surface area (Å²) < 4.78 is 26.2. The molecule has 0 heterocycles. The molecule has 0 unspecified atom stereocenters. The Balaban J connectivity index is 2.03. The highest BCUT2D eigenvalue weighted by Crippen LogP contribution is 2.43. The fraction of sp³-hybridized carbons (Fsp3) is 0.625. The van der Waals surface area contributed by atoms with Gasteiger partial charge in [0, 0.05) is 12.1 Å². The minimum absolute atomic E-state index is 0.0939. The molecule has 0 aromatic heterocycles. The maximum Gasteiger partial charge on any atom is 0.159 e. The molecular formula is C16H23F2N. The van der Waals surface area contributed by atoms with Crippen molar-refractivity contribution in [2.24, 2.45) is 5.41 Å². The summed E-state index contributed by atoms with van der Waals surface area (Å²) in [5.41, 5.74) is 1.21. The second kappa shape index (κ2) is 5.20. The fourth-order valence-electron chi connectivity index (χ4n) is 2.63. The quantitative estimate of drug-likeness (QED) is 0.867. The molecule has 3 heteroatoms. The van der Waals surface area contributed by atoms with Crippen molar-refractivity contribution >= 4 is 0 Å². The van der Waals surface area contributed by atoms with Crippen LogP contribution in [0.15, 0.2) is 18.2 Å². The first-order valence-electron chi connectivity index (χ1n) is 6.99. The average Bonchev–Trinajstić information content (AvgIpc) is 2.25. The van der Waals surface area contributed by atoms with Crippen molar-refractivity contribution in [2.75, 3.05) is 6.54 Å². The van der Waals surface area contributed by atoms with E-state index in [2.05, 4.69) is 26.1 Å². The lowest BCUT2D eigenvalue weighted by Gasteiger charge is -2.44. The van der Waals surface area contributed by atoms with E-state index in [9.17, 15) is 8.78 Å². The van der Waals surface area contributed by atoms with E-state index in [1.807, 2.05) is 0 Å². The first-order valence-corrected chi connectivity index (χ1v) is 6.99. The lowest BCUT2D eigenvalue weighted by molar-refractivity contribution is 0.118. The van der Waals surface area contributed by atoms with Gasteiger partial charge in [-0.1, -0.05) is 12.5 Å². The van der Waals surface area contributed by atoms with Gasteiger partial charge in [-0.25, -0.2) is 8.78 Å². The smallest absolute Gasteiger partial charge is 0.159 e. The fourth-order valence-corrected chi connectivity index (χ4v) is 2.63. The maximum absolute atomic E-state index is 13.3. The van der Waals surface area contributed by atoms with Crippen LogP contribution < -0.4 is 5.32 Å². The number of benzene rings is 1. The highest BCUT2D eigenvalue weighted by atomic mass is 19.2. The monoisotopic (exact) mass is 267 g/mol. The van der Waals surface area contributed by atoms with Gasteiger partial charge in [0.05, 0.1) is 0 Å². The van der Waals surface area contributed by atoms with E-state index in [4.69, 9.17) is 0 Å². The van der Waals surface area contributed by atoms with Crippen LogP contribution in [0.3, 0.4) is 0 Å². The van der Waals surface area contributed by atoms with Crippen LogP contribution >= 0.6 is 0 Å². The molecule has 1 fully saturated rings. The number of halogens is 2. The van der Waals surface area contributed by atoms with E-state index in [1.165, 1.54) is 18.6 Å². The molecule has 2 rings (SSSR count). The predicted octanol–water partition coefficient (Wildman–Crippen LogP) is 4.07. The van der Waals surface area contributed by atoms with Gasteiger partial charge in [0.15, 0.2) is 11.6 Å². The second-order valence-corrected chi connectivity index (χ2v) is 6.88. The molecule has 0 radical (unpaired) electrons. The Bertz CT molecular complexity index is 445. The van der Waals surface area contributed by atoms with Crippen molar-refractivity contribution in [3.8, 4) is 0 Å². The summed E-state index contributed by atoms with van der Waals surface area (Å²) in [6, 6.07) is 4.27. The van der Waals surface area contributed by atoms with E-state index in [0.29, 0.717) is 0 Å². The molecule has 1 nitrogen and oxygen atoms in total. The molecule has 1 aliphatic carbocycles. The van der Waals surface area contributed by atoms with Crippen LogP contribution in [-0.4, -0.2) is 12.1 Å². The molecule has 106 valence electrons. The summed E-state index contributed by atoms with van der Waals surface area (Å²) >= 11 is 0. The zero-order chi connectivity index (χ0) is 14.1. The van der Waals surface area contributed by atoms with Crippen LogP contribution in [0, 0.1) is 17.0 Å². The number of nitrogens with one attached hydrogen (secondary N) is 1. The number of hydrogen-bond acceptors (Lipinski definition) is 1. The van der Waals surface area contributed by atoms with Gasteiger partial charge in [-0.2, -0.15) is 0 Å². The van der Waals surface area contributed by atoms with Gasteiger partial charge in [0.25, 0.3) is 0 Å². The Morgan fingerprint density at radius 3 is 2.32 bits per heavy atom. The van der Waals surface area contributed by atoms with Gasteiger partial charge in [-0.3, -0.25) is 0 Å². The van der Waals surface area contributed by atoms with Crippen molar-refractivity contribution in [1.29, 1.82) is 0 Å². The van der Waals surface area contributed by atoms with Gasteiger partial charge in [-0.05, 0) is 63.1 Å². The first-order chi connectivity index (χ1) is 8.80. The average molecular weight is 267 g/mol. The maximum atomic E-state index is 13.3. The van der Waals surface area contributed by atoms with Crippen molar-refractivity contribution < 1.29 is 8.78 Å². The van der Waals surface area contributed by atoms with Crippen LogP contribution in [0.1, 0.15) is 45.6 Å². The molecule has 1 aliphatic rings. The molecule has 0 aliphatic heterocycles. The lowest BCUT2D eigenvalue weighted by atomic mass is 9.65. The molecule has 1 N–H and O–H groups in total. The lowest BCUT2D eigenvalue weighted by Crippen LogP contribution is -2.47. The molecule has 0 bridgehead atoms. The minimum Gasteiger partial charge on any atom is -0.312 e. The Hall–Kier alpha value is -0.960. The molecule has 1 saturated carbocycles. The summed E-state index contributed by atoms with van der Waals surface area (Å²) in [5, 5.41) is 3.54. The van der Waals surface area contributed by atoms with Gasteiger partial charge in [0.2, 0.25) is 0 Å². The van der Waals surface area contributed by atoms with Crippen LogP contribution in [0.4, 0.5) is 8.78 Å². The molecule has 1 aromatic rings. The molecule has 0 atom stereocenters. The molecule has 1 aromatic carbocycles. The summed E-state index contributed by atoms with van der Waals surface area (Å²) in [5.74, 6) is -1.50. The zero-order valence-corrected chi connectivity index (χ0v) is 12.0. The molecule has 0 amide bonds. The van der Waals surface area contributed by atoms with Crippen LogP contribution in [-0.2, 0) is 6.42 Å². The van der Waals surface area contributed by atoms with Gasteiger partial charge in [0.1, 0.15) is 0 Å². The summed E-state index contributed by atoms with van der Waals surface area (Å²) in [4.78, 5) is 0. The minimum atomic E-state index is -0.765. The summed E-state index contributed by atoms with van der Waals surface area (Å²) in [6.07, 6.45) is 4.38. The summed E-state index contributed by atoms with van der Waals surface area (Å²) in [6.45, 7) is 7.39. The zero-order valence-electron chi connectivity index (χ0n) is 12.0. The Kier molecular flexibility index (Phi) is 3.95. The van der Waals surface area contributed by atoms with Gasteiger partial charge >= 0.3 is 0 Å². The van der Waals surface area contributed by atoms with E-state index >= 15 is 0 Å². The van der Waals surface area contributed by atoms with Gasteiger partial charge in [-0.15, -0.1) is 0 Å². The molecule has 0 spiro atoms. The van der Waals surface area contributed by atoms with E-state index in [0.717, 1.165) is 31.4 Å². The van der Waals surface area contributed by atoms with Crippen molar-refractivity contribution in [3.63, 3.8) is 0 Å².